The Bertz CT molecular complexity index is 570. The van der Waals surface area contributed by atoms with E-state index in [1.54, 1.807) is 0 Å². The lowest BCUT2D eigenvalue weighted by atomic mass is 10.3. The second-order valence-electron chi connectivity index (χ2n) is 3.69. The molecule has 2 rings (SSSR count). The smallest absolute Gasteiger partial charge is 0.278 e. The molecule has 0 aromatic heterocycles. The van der Waals surface area contributed by atoms with Gasteiger partial charge in [0.05, 0.1) is 13.0 Å². The number of nitrogens with one attached hydrogen (secondary N) is 2. The topological polar surface area (TPSA) is 60.1 Å². The van der Waals surface area contributed by atoms with Crippen molar-refractivity contribution in [3.8, 4) is 0 Å². The number of sulfonamides is 1. The summed E-state index contributed by atoms with van der Waals surface area (Å²) in [5, 5.41) is 0. The van der Waals surface area contributed by atoms with E-state index in [1.165, 1.54) is 0 Å². The van der Waals surface area contributed by atoms with Crippen LogP contribution in [-0.4, -0.2) is 20.8 Å². The molecule has 2 N–H and O–H groups in total. The average Bonchev–Trinajstić information content (AvgIpc) is 2.68. The molecule has 0 radical (unpaired) electrons. The fourth-order valence-electron chi connectivity index (χ4n) is 1.59. The largest absolute Gasteiger partial charge is 0.331 e. The SMILES string of the molecule is O=S(=O)(NC1=[NH+]CCC1)c1ccc(F)cc1F. The highest BCUT2D eigenvalue weighted by Crippen LogP contribution is 2.15. The van der Waals surface area contributed by atoms with Gasteiger partial charge in [0.2, 0.25) is 0 Å². The Kier molecular flexibility index (Phi) is 3.10. The maximum Gasteiger partial charge on any atom is 0.331 e. The van der Waals surface area contributed by atoms with Crippen molar-refractivity contribution >= 4 is 15.9 Å². The van der Waals surface area contributed by atoms with Crippen LogP contribution in [0.15, 0.2) is 23.1 Å². The molecule has 92 valence electrons. The molecule has 7 heteroatoms. The van der Waals surface area contributed by atoms with E-state index >= 15 is 0 Å². The summed E-state index contributed by atoms with van der Waals surface area (Å²) in [5.41, 5.74) is 0. The fourth-order valence-corrected chi connectivity index (χ4v) is 2.76. The van der Waals surface area contributed by atoms with E-state index in [4.69, 9.17) is 0 Å². The molecule has 1 aliphatic rings. The monoisotopic (exact) mass is 261 g/mol. The summed E-state index contributed by atoms with van der Waals surface area (Å²) < 4.78 is 51.8. The van der Waals surface area contributed by atoms with Gasteiger partial charge in [-0.15, -0.1) is 0 Å². The van der Waals surface area contributed by atoms with Crippen molar-refractivity contribution in [2.24, 2.45) is 0 Å². The van der Waals surface area contributed by atoms with Crippen molar-refractivity contribution in [1.29, 1.82) is 0 Å². The third kappa shape index (κ3) is 2.60. The molecule has 4 nitrogen and oxygen atoms in total. The van der Waals surface area contributed by atoms with Gasteiger partial charge in [-0.1, -0.05) is 0 Å². The maximum atomic E-state index is 13.3. The van der Waals surface area contributed by atoms with Gasteiger partial charge >= 0.3 is 10.0 Å². The zero-order valence-electron chi connectivity index (χ0n) is 8.83. The minimum Gasteiger partial charge on any atom is -0.278 e. The number of rotatable bonds is 2. The Hall–Kier alpha value is -1.50. The number of amidine groups is 1. The zero-order chi connectivity index (χ0) is 12.5. The highest BCUT2D eigenvalue weighted by molar-refractivity contribution is 7.90. The molecule has 0 aliphatic carbocycles. The molecule has 0 saturated heterocycles. The van der Waals surface area contributed by atoms with E-state index in [1.807, 2.05) is 0 Å². The van der Waals surface area contributed by atoms with Crippen LogP contribution >= 0.6 is 0 Å². The van der Waals surface area contributed by atoms with E-state index in [0.29, 0.717) is 24.9 Å². The quantitative estimate of drug-likeness (QED) is 0.755. The highest BCUT2D eigenvalue weighted by Gasteiger charge is 2.27. The summed E-state index contributed by atoms with van der Waals surface area (Å²) in [6, 6.07) is 2.36. The van der Waals surface area contributed by atoms with Crippen molar-refractivity contribution in [3.05, 3.63) is 29.8 Å². The Morgan fingerprint density at radius 1 is 1.29 bits per heavy atom. The third-order valence-corrected chi connectivity index (χ3v) is 3.81. The van der Waals surface area contributed by atoms with Gasteiger partial charge in [-0.05, 0) is 18.6 Å². The van der Waals surface area contributed by atoms with E-state index < -0.39 is 26.6 Å². The maximum absolute atomic E-state index is 13.3. The number of benzene rings is 1. The summed E-state index contributed by atoms with van der Waals surface area (Å²) in [7, 11) is -3.98. The summed E-state index contributed by atoms with van der Waals surface area (Å²) in [4.78, 5) is 2.29. The van der Waals surface area contributed by atoms with Gasteiger partial charge in [-0.3, -0.25) is 4.99 Å². The summed E-state index contributed by atoms with van der Waals surface area (Å²) in [6.07, 6.45) is 1.39. The summed E-state index contributed by atoms with van der Waals surface area (Å²) in [5.74, 6) is -1.47. The van der Waals surface area contributed by atoms with Crippen molar-refractivity contribution < 1.29 is 22.2 Å². The lowest BCUT2D eigenvalue weighted by molar-refractivity contribution is -0.448. The van der Waals surface area contributed by atoms with Crippen LogP contribution in [0, 0.1) is 11.6 Å². The number of hydrogen-bond acceptors (Lipinski definition) is 2. The van der Waals surface area contributed by atoms with Crippen LogP contribution in [0.5, 0.6) is 0 Å². The predicted octanol–water partition coefficient (Wildman–Crippen LogP) is -0.484. The van der Waals surface area contributed by atoms with E-state index in [9.17, 15) is 17.2 Å². The van der Waals surface area contributed by atoms with Gasteiger partial charge in [-0.25, -0.2) is 8.78 Å². The van der Waals surface area contributed by atoms with Crippen LogP contribution in [0.4, 0.5) is 8.78 Å². The van der Waals surface area contributed by atoms with E-state index in [-0.39, 0.29) is 0 Å². The predicted molar refractivity (Wildman–Crippen MR) is 56.8 cm³/mol. The van der Waals surface area contributed by atoms with Crippen LogP contribution in [0.25, 0.3) is 0 Å². The van der Waals surface area contributed by atoms with Crippen molar-refractivity contribution in [2.75, 3.05) is 6.54 Å². The normalized spacial score (nSPS) is 15.8. The standard InChI is InChI=1S/C10H10F2N2O2S/c11-7-3-4-9(8(12)6-7)17(15,16)14-10-2-1-5-13-10/h3-4,6H,1-2,5H2,(H,13,14)/p+1. The number of halogens is 2. The van der Waals surface area contributed by atoms with Gasteiger partial charge in [0.25, 0.3) is 5.84 Å². The Balaban J connectivity index is 2.31. The summed E-state index contributed by atoms with van der Waals surface area (Å²) >= 11 is 0. The first-order chi connectivity index (χ1) is 7.99. The summed E-state index contributed by atoms with van der Waals surface area (Å²) in [6.45, 7) is 0.684. The van der Waals surface area contributed by atoms with Crippen molar-refractivity contribution in [1.82, 2.24) is 4.72 Å². The first-order valence-electron chi connectivity index (χ1n) is 5.06. The molecule has 0 spiro atoms. The fraction of sp³-hybridized carbons (Fsp3) is 0.300. The van der Waals surface area contributed by atoms with Crippen molar-refractivity contribution in [3.63, 3.8) is 0 Å². The van der Waals surface area contributed by atoms with Crippen LogP contribution in [0.1, 0.15) is 12.8 Å². The first kappa shape index (κ1) is 12.0. The first-order valence-corrected chi connectivity index (χ1v) is 6.55. The van der Waals surface area contributed by atoms with Gasteiger partial charge in [0.1, 0.15) is 16.5 Å². The Morgan fingerprint density at radius 2 is 2.06 bits per heavy atom. The number of hydrogen-bond donors (Lipinski definition) is 2. The molecule has 0 fully saturated rings. The molecule has 0 atom stereocenters. The molecule has 0 bridgehead atoms. The van der Waals surface area contributed by atoms with Gasteiger partial charge in [-0.2, -0.15) is 13.1 Å². The lowest BCUT2D eigenvalue weighted by Gasteiger charge is -2.02. The molecule has 1 aromatic rings. The second-order valence-corrected chi connectivity index (χ2v) is 5.34. The molecule has 1 heterocycles. The third-order valence-electron chi connectivity index (χ3n) is 2.38. The molecule has 1 aliphatic heterocycles. The molecule has 0 amide bonds. The molecule has 0 unspecified atom stereocenters. The minimum absolute atomic E-state index is 0.439. The Labute approximate surface area is 97.4 Å². The van der Waals surface area contributed by atoms with E-state index in [0.717, 1.165) is 18.6 Å². The molecule has 1 aromatic carbocycles. The zero-order valence-corrected chi connectivity index (χ0v) is 9.65. The molecular formula is C10H11F2N2O2S+. The van der Waals surface area contributed by atoms with E-state index in [2.05, 4.69) is 9.71 Å². The molecule has 17 heavy (non-hydrogen) atoms. The van der Waals surface area contributed by atoms with Crippen LogP contribution < -0.4 is 9.71 Å². The Morgan fingerprint density at radius 3 is 2.65 bits per heavy atom. The highest BCUT2D eigenvalue weighted by atomic mass is 32.2. The molecule has 0 saturated carbocycles. The van der Waals surface area contributed by atoms with Crippen LogP contribution in [0.2, 0.25) is 0 Å². The van der Waals surface area contributed by atoms with Gasteiger partial charge in [0, 0.05) is 6.07 Å². The molecular weight excluding hydrogens is 250 g/mol. The van der Waals surface area contributed by atoms with Crippen LogP contribution in [0.3, 0.4) is 0 Å². The average molecular weight is 261 g/mol. The minimum atomic E-state index is -3.98. The van der Waals surface area contributed by atoms with Crippen LogP contribution in [-0.2, 0) is 10.0 Å². The second kappa shape index (κ2) is 4.40. The van der Waals surface area contributed by atoms with Gasteiger partial charge < -0.3 is 0 Å². The van der Waals surface area contributed by atoms with Crippen molar-refractivity contribution in [2.45, 2.75) is 17.7 Å². The van der Waals surface area contributed by atoms with Gasteiger partial charge in [0.15, 0.2) is 0 Å². The lowest BCUT2D eigenvalue weighted by Crippen LogP contribution is -2.72.